The van der Waals surface area contributed by atoms with Crippen molar-refractivity contribution in [2.75, 3.05) is 5.73 Å². The minimum Gasteiger partial charge on any atom is -0.399 e. The fourth-order valence-corrected chi connectivity index (χ4v) is 2.60. The number of amides is 1. The minimum atomic E-state index is -0.0441. The molecule has 1 saturated carbocycles. The molecule has 1 fully saturated rings. The van der Waals surface area contributed by atoms with Gasteiger partial charge in [-0.05, 0) is 43.9 Å². The molecule has 1 amide bonds. The summed E-state index contributed by atoms with van der Waals surface area (Å²) in [4.78, 5) is 12.0. The monoisotopic (exact) mass is 296 g/mol. The van der Waals surface area contributed by atoms with Gasteiger partial charge in [0.15, 0.2) is 0 Å². The van der Waals surface area contributed by atoms with Gasteiger partial charge in [0.05, 0.1) is 0 Å². The standard InChI is InChI=1S/C13H17BrN2O/c1-8(9-3-2-4-9)16-13(17)10-5-11(14)7-12(15)6-10/h5-9H,2-4,15H2,1H3,(H,16,17). The Hall–Kier alpha value is -1.03. The highest BCUT2D eigenvalue weighted by molar-refractivity contribution is 9.10. The average molecular weight is 297 g/mol. The van der Waals surface area contributed by atoms with Gasteiger partial charge in [-0.25, -0.2) is 0 Å². The Bertz CT molecular complexity index is 409. The molecule has 0 aromatic heterocycles. The van der Waals surface area contributed by atoms with Gasteiger partial charge in [-0.1, -0.05) is 22.4 Å². The van der Waals surface area contributed by atoms with Crippen molar-refractivity contribution in [3.8, 4) is 0 Å². The molecule has 1 aromatic carbocycles. The van der Waals surface area contributed by atoms with Crippen molar-refractivity contribution >= 4 is 27.5 Å². The van der Waals surface area contributed by atoms with Gasteiger partial charge in [0.1, 0.15) is 0 Å². The Morgan fingerprint density at radius 2 is 2.18 bits per heavy atom. The first-order valence-electron chi connectivity index (χ1n) is 5.93. The average Bonchev–Trinajstić information content (AvgIpc) is 2.12. The molecule has 1 unspecified atom stereocenters. The van der Waals surface area contributed by atoms with E-state index in [9.17, 15) is 4.79 Å². The Morgan fingerprint density at radius 1 is 1.47 bits per heavy atom. The number of carbonyl (C=O) groups is 1. The summed E-state index contributed by atoms with van der Waals surface area (Å²) in [6.07, 6.45) is 3.73. The first-order chi connectivity index (χ1) is 8.06. The van der Waals surface area contributed by atoms with Crippen LogP contribution in [0.25, 0.3) is 0 Å². The lowest BCUT2D eigenvalue weighted by Crippen LogP contribution is -2.40. The normalized spacial score (nSPS) is 17.3. The van der Waals surface area contributed by atoms with Crippen LogP contribution in [0.15, 0.2) is 22.7 Å². The van der Waals surface area contributed by atoms with E-state index in [-0.39, 0.29) is 11.9 Å². The van der Waals surface area contributed by atoms with E-state index in [1.165, 1.54) is 19.3 Å². The quantitative estimate of drug-likeness (QED) is 0.843. The zero-order valence-corrected chi connectivity index (χ0v) is 11.5. The van der Waals surface area contributed by atoms with Gasteiger partial charge in [0.25, 0.3) is 5.91 Å². The second-order valence-corrected chi connectivity index (χ2v) is 5.64. The molecule has 4 heteroatoms. The fraction of sp³-hybridized carbons (Fsp3) is 0.462. The molecule has 0 radical (unpaired) electrons. The van der Waals surface area contributed by atoms with Crippen LogP contribution in [0.4, 0.5) is 5.69 Å². The molecular weight excluding hydrogens is 280 g/mol. The van der Waals surface area contributed by atoms with Crippen LogP contribution in [0.5, 0.6) is 0 Å². The summed E-state index contributed by atoms with van der Waals surface area (Å²) in [5.74, 6) is 0.598. The first-order valence-corrected chi connectivity index (χ1v) is 6.72. The zero-order valence-electron chi connectivity index (χ0n) is 9.87. The van der Waals surface area contributed by atoms with Gasteiger partial charge in [0, 0.05) is 21.8 Å². The van der Waals surface area contributed by atoms with Crippen LogP contribution in [-0.2, 0) is 0 Å². The minimum absolute atomic E-state index is 0.0441. The van der Waals surface area contributed by atoms with E-state index in [4.69, 9.17) is 5.73 Å². The molecule has 0 aliphatic heterocycles. The summed E-state index contributed by atoms with van der Waals surface area (Å²) < 4.78 is 0.832. The number of anilines is 1. The van der Waals surface area contributed by atoms with Gasteiger partial charge in [-0.2, -0.15) is 0 Å². The maximum absolute atomic E-state index is 12.0. The number of nitrogens with two attached hydrogens (primary N) is 1. The number of halogens is 1. The molecule has 0 bridgehead atoms. The lowest BCUT2D eigenvalue weighted by Gasteiger charge is -2.31. The predicted molar refractivity (Wildman–Crippen MR) is 72.8 cm³/mol. The number of rotatable bonds is 3. The van der Waals surface area contributed by atoms with Gasteiger partial charge in [0.2, 0.25) is 0 Å². The number of hydrogen-bond acceptors (Lipinski definition) is 2. The molecule has 1 aliphatic rings. The third-order valence-electron chi connectivity index (χ3n) is 3.40. The van der Waals surface area contributed by atoms with Crippen molar-refractivity contribution in [3.05, 3.63) is 28.2 Å². The molecule has 0 heterocycles. The van der Waals surface area contributed by atoms with Crippen LogP contribution in [-0.4, -0.2) is 11.9 Å². The van der Waals surface area contributed by atoms with E-state index in [0.717, 1.165) is 4.47 Å². The van der Waals surface area contributed by atoms with Crippen LogP contribution < -0.4 is 11.1 Å². The summed E-state index contributed by atoms with van der Waals surface area (Å²) in [6, 6.07) is 5.52. The zero-order chi connectivity index (χ0) is 12.4. The van der Waals surface area contributed by atoms with E-state index < -0.39 is 0 Å². The van der Waals surface area contributed by atoms with Crippen LogP contribution in [0.2, 0.25) is 0 Å². The van der Waals surface area contributed by atoms with Crippen LogP contribution in [0.1, 0.15) is 36.5 Å². The van der Waals surface area contributed by atoms with Gasteiger partial charge in [-0.15, -0.1) is 0 Å². The molecular formula is C13H17BrN2O. The van der Waals surface area contributed by atoms with Crippen molar-refractivity contribution in [2.45, 2.75) is 32.2 Å². The lowest BCUT2D eigenvalue weighted by atomic mass is 9.80. The molecule has 2 rings (SSSR count). The molecule has 0 saturated heterocycles. The number of hydrogen-bond donors (Lipinski definition) is 2. The summed E-state index contributed by atoms with van der Waals surface area (Å²) in [6.45, 7) is 2.07. The Labute approximate surface area is 110 Å². The van der Waals surface area contributed by atoms with Crippen LogP contribution in [0.3, 0.4) is 0 Å². The summed E-state index contributed by atoms with van der Waals surface area (Å²) in [5.41, 5.74) is 6.93. The maximum Gasteiger partial charge on any atom is 0.251 e. The molecule has 3 N–H and O–H groups in total. The number of carbonyl (C=O) groups excluding carboxylic acids is 1. The van der Waals surface area contributed by atoms with Crippen LogP contribution >= 0.6 is 15.9 Å². The highest BCUT2D eigenvalue weighted by Crippen LogP contribution is 2.29. The number of benzene rings is 1. The highest BCUT2D eigenvalue weighted by Gasteiger charge is 2.25. The van der Waals surface area contributed by atoms with Gasteiger partial charge >= 0.3 is 0 Å². The van der Waals surface area contributed by atoms with Crippen molar-refractivity contribution in [1.82, 2.24) is 5.32 Å². The summed E-state index contributed by atoms with van der Waals surface area (Å²) in [5, 5.41) is 3.04. The number of nitrogen functional groups attached to an aromatic ring is 1. The number of nitrogens with one attached hydrogen (secondary N) is 1. The topological polar surface area (TPSA) is 55.1 Å². The Balaban J connectivity index is 2.03. The molecule has 1 atom stereocenters. The van der Waals surface area contributed by atoms with Crippen molar-refractivity contribution in [1.29, 1.82) is 0 Å². The molecule has 92 valence electrons. The molecule has 1 aromatic rings. The Morgan fingerprint density at radius 3 is 2.71 bits per heavy atom. The highest BCUT2D eigenvalue weighted by atomic mass is 79.9. The SMILES string of the molecule is CC(NC(=O)c1cc(N)cc(Br)c1)C1CCC1. The van der Waals surface area contributed by atoms with E-state index in [1.54, 1.807) is 18.2 Å². The van der Waals surface area contributed by atoms with Crippen molar-refractivity contribution < 1.29 is 4.79 Å². The van der Waals surface area contributed by atoms with E-state index in [0.29, 0.717) is 17.2 Å². The second-order valence-electron chi connectivity index (χ2n) is 4.73. The molecule has 17 heavy (non-hydrogen) atoms. The van der Waals surface area contributed by atoms with E-state index >= 15 is 0 Å². The maximum atomic E-state index is 12.0. The van der Waals surface area contributed by atoms with E-state index in [1.807, 2.05) is 0 Å². The smallest absolute Gasteiger partial charge is 0.251 e. The van der Waals surface area contributed by atoms with E-state index in [2.05, 4.69) is 28.2 Å². The van der Waals surface area contributed by atoms with Gasteiger partial charge in [-0.3, -0.25) is 4.79 Å². The third-order valence-corrected chi connectivity index (χ3v) is 3.86. The molecule has 3 nitrogen and oxygen atoms in total. The third kappa shape index (κ3) is 3.00. The summed E-state index contributed by atoms with van der Waals surface area (Å²) in [7, 11) is 0. The predicted octanol–water partition coefficient (Wildman–Crippen LogP) is 2.95. The Kier molecular flexibility index (Phi) is 3.72. The van der Waals surface area contributed by atoms with Gasteiger partial charge < -0.3 is 11.1 Å². The molecule has 1 aliphatic carbocycles. The largest absolute Gasteiger partial charge is 0.399 e. The lowest BCUT2D eigenvalue weighted by molar-refractivity contribution is 0.0909. The van der Waals surface area contributed by atoms with Crippen molar-refractivity contribution in [2.24, 2.45) is 5.92 Å². The summed E-state index contributed by atoms with van der Waals surface area (Å²) >= 11 is 3.34. The first kappa shape index (κ1) is 12.4. The second kappa shape index (κ2) is 5.08. The van der Waals surface area contributed by atoms with Crippen molar-refractivity contribution in [3.63, 3.8) is 0 Å². The molecule has 0 spiro atoms. The van der Waals surface area contributed by atoms with Crippen LogP contribution in [0, 0.1) is 5.92 Å². The fourth-order valence-electron chi connectivity index (χ4n) is 2.09.